The first-order valence-electron chi connectivity index (χ1n) is 5.20. The average molecular weight is 288 g/mol. The number of alkyl halides is 1. The molecule has 0 fully saturated rings. The number of rotatable bonds is 4. The Bertz CT molecular complexity index is 276. The zero-order chi connectivity index (χ0) is 12.2. The van der Waals surface area contributed by atoms with Crippen molar-refractivity contribution >= 4 is 21.9 Å². The lowest BCUT2D eigenvalue weighted by molar-refractivity contribution is -0.141. The summed E-state index contributed by atoms with van der Waals surface area (Å²) in [6.07, 6.45) is 1.10. The number of carbonyl (C=O) groups is 1. The number of nitrogens with two attached hydrogens (primary N) is 1. The molecule has 0 spiro atoms. The topological polar surface area (TPSA) is 52.3 Å². The zero-order valence-corrected chi connectivity index (χ0v) is 11.1. The maximum atomic E-state index is 10.7. The number of hydrogen-bond donors (Lipinski definition) is 1. The maximum absolute atomic E-state index is 10.7. The van der Waals surface area contributed by atoms with Gasteiger partial charge in [-0.1, -0.05) is 53.2 Å². The molecule has 0 amide bonds. The summed E-state index contributed by atoms with van der Waals surface area (Å²) in [6, 6.07) is 9.59. The maximum Gasteiger partial charge on any atom is 0.316 e. The third kappa shape index (κ3) is 8.44. The Morgan fingerprint density at radius 3 is 2.38 bits per heavy atom. The number of esters is 1. The van der Waals surface area contributed by atoms with Gasteiger partial charge in [0.2, 0.25) is 0 Å². The van der Waals surface area contributed by atoms with Gasteiger partial charge in [-0.15, -0.1) is 0 Å². The highest BCUT2D eigenvalue weighted by Gasteiger charge is 1.98. The number of halogens is 1. The van der Waals surface area contributed by atoms with Crippen LogP contribution >= 0.6 is 15.9 Å². The van der Waals surface area contributed by atoms with Crippen LogP contribution in [0.1, 0.15) is 18.9 Å². The molecule has 3 nitrogen and oxygen atoms in total. The second-order valence-corrected chi connectivity index (χ2v) is 3.63. The number of benzene rings is 1. The van der Waals surface area contributed by atoms with Crippen LogP contribution in [-0.2, 0) is 16.1 Å². The number of carbonyl (C=O) groups excluding carboxylic acids is 1. The van der Waals surface area contributed by atoms with Crippen LogP contribution in [0.4, 0.5) is 0 Å². The van der Waals surface area contributed by atoms with Gasteiger partial charge < -0.3 is 10.5 Å². The zero-order valence-electron chi connectivity index (χ0n) is 9.49. The van der Waals surface area contributed by atoms with Crippen molar-refractivity contribution in [2.45, 2.75) is 20.0 Å². The molecular weight excluding hydrogens is 270 g/mol. The molecule has 0 aliphatic heterocycles. The van der Waals surface area contributed by atoms with Crippen molar-refractivity contribution < 1.29 is 9.53 Å². The van der Waals surface area contributed by atoms with Crippen molar-refractivity contribution in [2.75, 3.05) is 11.9 Å². The van der Waals surface area contributed by atoms with Gasteiger partial charge in [-0.05, 0) is 18.5 Å². The number of ether oxygens (including phenoxy) is 1. The lowest BCUT2D eigenvalue weighted by Crippen LogP contribution is -2.04. The van der Waals surface area contributed by atoms with Crippen LogP contribution in [0.5, 0.6) is 0 Å². The Labute approximate surface area is 105 Å². The van der Waals surface area contributed by atoms with Crippen molar-refractivity contribution in [3.05, 3.63) is 35.9 Å². The lowest BCUT2D eigenvalue weighted by atomic mass is 10.2. The van der Waals surface area contributed by atoms with Crippen molar-refractivity contribution in [1.82, 2.24) is 0 Å². The van der Waals surface area contributed by atoms with Crippen LogP contribution in [0.3, 0.4) is 0 Å². The molecule has 0 aromatic heterocycles. The van der Waals surface area contributed by atoms with Crippen LogP contribution in [0.25, 0.3) is 0 Å². The van der Waals surface area contributed by atoms with Crippen molar-refractivity contribution in [3.8, 4) is 0 Å². The fraction of sp³-hybridized carbons (Fsp3) is 0.417. The van der Waals surface area contributed by atoms with E-state index in [0.29, 0.717) is 6.61 Å². The fourth-order valence-corrected chi connectivity index (χ4v) is 0.939. The highest BCUT2D eigenvalue weighted by atomic mass is 79.9. The smallest absolute Gasteiger partial charge is 0.316 e. The standard InChI is InChI=1S/C9H9BrO2.C3H9N/c10-6-9(11)12-7-8-4-2-1-3-5-8;1-2-3-4/h1-5H,6-7H2;2-4H2,1H3. The van der Waals surface area contributed by atoms with Crippen LogP contribution < -0.4 is 5.73 Å². The fourth-order valence-electron chi connectivity index (χ4n) is 0.777. The van der Waals surface area contributed by atoms with E-state index >= 15 is 0 Å². The molecule has 0 unspecified atom stereocenters. The van der Waals surface area contributed by atoms with Gasteiger partial charge in [0.05, 0.1) is 0 Å². The first kappa shape index (κ1) is 15.1. The van der Waals surface area contributed by atoms with Gasteiger partial charge in [-0.25, -0.2) is 0 Å². The van der Waals surface area contributed by atoms with Gasteiger partial charge in [0.15, 0.2) is 0 Å². The van der Waals surface area contributed by atoms with E-state index in [1.54, 1.807) is 0 Å². The van der Waals surface area contributed by atoms with Crippen LogP contribution in [0.2, 0.25) is 0 Å². The molecule has 90 valence electrons. The third-order valence-electron chi connectivity index (χ3n) is 1.64. The molecule has 0 atom stereocenters. The van der Waals surface area contributed by atoms with E-state index in [9.17, 15) is 4.79 Å². The van der Waals surface area contributed by atoms with E-state index in [1.807, 2.05) is 30.3 Å². The minimum atomic E-state index is -0.237. The molecule has 0 saturated heterocycles. The molecule has 1 rings (SSSR count). The minimum absolute atomic E-state index is 0.237. The molecule has 16 heavy (non-hydrogen) atoms. The molecule has 2 N–H and O–H groups in total. The first-order chi connectivity index (χ1) is 7.74. The monoisotopic (exact) mass is 287 g/mol. The minimum Gasteiger partial charge on any atom is -0.460 e. The van der Waals surface area contributed by atoms with Gasteiger partial charge in [0, 0.05) is 0 Å². The molecule has 0 aliphatic carbocycles. The van der Waals surface area contributed by atoms with E-state index in [-0.39, 0.29) is 11.3 Å². The molecule has 0 saturated carbocycles. The van der Waals surface area contributed by atoms with E-state index in [4.69, 9.17) is 10.5 Å². The summed E-state index contributed by atoms with van der Waals surface area (Å²) in [6.45, 7) is 3.23. The number of hydrogen-bond acceptors (Lipinski definition) is 3. The predicted octanol–water partition coefficient (Wildman–Crippen LogP) is 2.48. The summed E-state index contributed by atoms with van der Waals surface area (Å²) in [5.41, 5.74) is 6.03. The van der Waals surface area contributed by atoms with Crippen LogP contribution in [-0.4, -0.2) is 17.8 Å². The van der Waals surface area contributed by atoms with Crippen molar-refractivity contribution in [1.29, 1.82) is 0 Å². The average Bonchev–Trinajstić information content (AvgIpc) is 2.37. The lowest BCUT2D eigenvalue weighted by Gasteiger charge is -2.01. The highest BCUT2D eigenvalue weighted by molar-refractivity contribution is 9.09. The first-order valence-corrected chi connectivity index (χ1v) is 6.32. The Morgan fingerprint density at radius 2 is 1.94 bits per heavy atom. The molecule has 4 heteroatoms. The van der Waals surface area contributed by atoms with Gasteiger partial charge in [-0.3, -0.25) is 4.79 Å². The van der Waals surface area contributed by atoms with Gasteiger partial charge in [0.25, 0.3) is 0 Å². The molecule has 1 aromatic rings. The largest absolute Gasteiger partial charge is 0.460 e. The molecule has 0 heterocycles. The summed E-state index contributed by atoms with van der Waals surface area (Å²) in [4.78, 5) is 10.7. The summed E-state index contributed by atoms with van der Waals surface area (Å²) >= 11 is 3.01. The van der Waals surface area contributed by atoms with E-state index < -0.39 is 0 Å². The predicted molar refractivity (Wildman–Crippen MR) is 69.4 cm³/mol. The Kier molecular flexibility index (Phi) is 10.1. The Morgan fingerprint density at radius 1 is 1.38 bits per heavy atom. The summed E-state index contributed by atoms with van der Waals surface area (Å²) in [5, 5.41) is 0.250. The van der Waals surface area contributed by atoms with Gasteiger partial charge in [0.1, 0.15) is 11.9 Å². The molecule has 0 bridgehead atoms. The van der Waals surface area contributed by atoms with Gasteiger partial charge >= 0.3 is 5.97 Å². The van der Waals surface area contributed by atoms with E-state index in [2.05, 4.69) is 22.9 Å². The van der Waals surface area contributed by atoms with Crippen LogP contribution in [0.15, 0.2) is 30.3 Å². The normalized spacial score (nSPS) is 8.94. The van der Waals surface area contributed by atoms with Crippen molar-refractivity contribution in [2.24, 2.45) is 5.73 Å². The SMILES string of the molecule is CCCN.O=C(CBr)OCc1ccccc1. The molecule has 0 aliphatic rings. The Balaban J connectivity index is 0.000000487. The highest BCUT2D eigenvalue weighted by Crippen LogP contribution is 2.00. The van der Waals surface area contributed by atoms with Crippen LogP contribution in [0, 0.1) is 0 Å². The van der Waals surface area contributed by atoms with Crippen molar-refractivity contribution in [3.63, 3.8) is 0 Å². The molecule has 0 radical (unpaired) electrons. The summed E-state index contributed by atoms with van der Waals surface area (Å²) < 4.78 is 4.89. The Hall–Kier alpha value is -0.870. The quantitative estimate of drug-likeness (QED) is 0.684. The second-order valence-electron chi connectivity index (χ2n) is 3.07. The molecule has 1 aromatic carbocycles. The molecular formula is C12H18BrNO2. The summed E-state index contributed by atoms with van der Waals surface area (Å²) in [5.74, 6) is -0.237. The van der Waals surface area contributed by atoms with E-state index in [0.717, 1.165) is 18.5 Å². The van der Waals surface area contributed by atoms with Gasteiger partial charge in [-0.2, -0.15) is 0 Å². The third-order valence-corrected chi connectivity index (χ3v) is 2.10. The summed E-state index contributed by atoms with van der Waals surface area (Å²) in [7, 11) is 0. The second kappa shape index (κ2) is 10.6. The van der Waals surface area contributed by atoms with E-state index in [1.165, 1.54) is 0 Å².